The molecule has 1 aromatic heterocycles. The minimum Gasteiger partial charge on any atom is -0.508 e. The fourth-order valence-corrected chi connectivity index (χ4v) is 1.40. The molecule has 3 nitrogen and oxygen atoms in total. The highest BCUT2D eigenvalue weighted by Crippen LogP contribution is 2.22. The number of nitrogens with zero attached hydrogens (tertiary/aromatic N) is 2. The maximum Gasteiger partial charge on any atom is 0.140 e. The third-order valence-corrected chi connectivity index (χ3v) is 2.41. The molecule has 0 fully saturated rings. The number of imidazole rings is 1. The van der Waals surface area contributed by atoms with Gasteiger partial charge in [-0.1, -0.05) is 11.6 Å². The zero-order valence-corrected chi connectivity index (χ0v) is 8.36. The number of halogens is 1. The second kappa shape index (κ2) is 3.35. The van der Waals surface area contributed by atoms with Crippen LogP contribution in [0.15, 0.2) is 30.5 Å². The largest absolute Gasteiger partial charge is 0.508 e. The van der Waals surface area contributed by atoms with Crippen molar-refractivity contribution in [1.82, 2.24) is 9.55 Å². The van der Waals surface area contributed by atoms with E-state index in [1.165, 1.54) is 0 Å². The monoisotopic (exact) mass is 208 g/mol. The van der Waals surface area contributed by atoms with Gasteiger partial charge in [-0.05, 0) is 24.3 Å². The zero-order valence-electron chi connectivity index (χ0n) is 7.61. The van der Waals surface area contributed by atoms with Crippen LogP contribution in [-0.4, -0.2) is 14.7 Å². The first-order valence-electron chi connectivity index (χ1n) is 4.15. The van der Waals surface area contributed by atoms with Gasteiger partial charge in [-0.3, -0.25) is 0 Å². The smallest absolute Gasteiger partial charge is 0.140 e. The molecule has 0 saturated heterocycles. The predicted octanol–water partition coefficient (Wildman–Crippen LogP) is 2.45. The molecule has 0 saturated carbocycles. The van der Waals surface area contributed by atoms with Crippen LogP contribution in [0.5, 0.6) is 5.75 Å². The van der Waals surface area contributed by atoms with E-state index in [2.05, 4.69) is 4.98 Å². The van der Waals surface area contributed by atoms with Gasteiger partial charge in [0.2, 0.25) is 0 Å². The molecule has 0 aliphatic rings. The van der Waals surface area contributed by atoms with Gasteiger partial charge in [-0.25, -0.2) is 4.98 Å². The molecule has 0 aliphatic carbocycles. The number of phenolic OH excluding ortho intramolecular Hbond substituents is 1. The van der Waals surface area contributed by atoms with Crippen molar-refractivity contribution in [2.24, 2.45) is 7.05 Å². The van der Waals surface area contributed by atoms with Crippen molar-refractivity contribution < 1.29 is 5.11 Å². The summed E-state index contributed by atoms with van der Waals surface area (Å²) in [5.41, 5.74) is 0.928. The summed E-state index contributed by atoms with van der Waals surface area (Å²) in [5.74, 6) is 1.03. The SMILES string of the molecule is Cn1c(Cl)cnc1-c1ccc(O)cc1. The Kier molecular flexibility index (Phi) is 2.17. The van der Waals surface area contributed by atoms with Gasteiger partial charge in [0.05, 0.1) is 6.20 Å². The van der Waals surface area contributed by atoms with Crippen LogP contribution in [0.3, 0.4) is 0 Å². The first kappa shape index (κ1) is 9.09. The Morgan fingerprint density at radius 1 is 1.29 bits per heavy atom. The Morgan fingerprint density at radius 3 is 2.43 bits per heavy atom. The van der Waals surface area contributed by atoms with E-state index in [4.69, 9.17) is 16.7 Å². The molecule has 0 atom stereocenters. The van der Waals surface area contributed by atoms with Crippen molar-refractivity contribution in [3.8, 4) is 17.1 Å². The Labute approximate surface area is 86.6 Å². The molecule has 0 spiro atoms. The lowest BCUT2D eigenvalue weighted by Gasteiger charge is -2.02. The number of phenols is 1. The van der Waals surface area contributed by atoms with Crippen molar-refractivity contribution in [2.75, 3.05) is 0 Å². The molecule has 0 aliphatic heterocycles. The van der Waals surface area contributed by atoms with Gasteiger partial charge < -0.3 is 9.67 Å². The first-order valence-corrected chi connectivity index (χ1v) is 4.53. The van der Waals surface area contributed by atoms with Crippen molar-refractivity contribution in [3.05, 3.63) is 35.6 Å². The molecule has 4 heteroatoms. The number of aromatic hydroxyl groups is 1. The topological polar surface area (TPSA) is 38.0 Å². The normalized spacial score (nSPS) is 10.4. The molecule has 1 aromatic carbocycles. The minimum absolute atomic E-state index is 0.244. The van der Waals surface area contributed by atoms with Crippen LogP contribution in [0.25, 0.3) is 11.4 Å². The molecular weight excluding hydrogens is 200 g/mol. The minimum atomic E-state index is 0.244. The maximum absolute atomic E-state index is 9.12. The Morgan fingerprint density at radius 2 is 1.93 bits per heavy atom. The Hall–Kier alpha value is -1.48. The number of rotatable bonds is 1. The number of hydrogen-bond donors (Lipinski definition) is 1. The van der Waals surface area contributed by atoms with Crippen molar-refractivity contribution in [2.45, 2.75) is 0 Å². The Balaban J connectivity index is 2.49. The first-order chi connectivity index (χ1) is 6.68. The van der Waals surface area contributed by atoms with Gasteiger partial charge in [0, 0.05) is 12.6 Å². The molecule has 0 radical (unpaired) electrons. The van der Waals surface area contributed by atoms with Crippen LogP contribution in [-0.2, 0) is 7.05 Å². The summed E-state index contributed by atoms with van der Waals surface area (Å²) in [6, 6.07) is 6.85. The molecule has 1 heterocycles. The van der Waals surface area contributed by atoms with Crippen molar-refractivity contribution in [3.63, 3.8) is 0 Å². The highest BCUT2D eigenvalue weighted by atomic mass is 35.5. The van der Waals surface area contributed by atoms with E-state index in [0.717, 1.165) is 11.4 Å². The fourth-order valence-electron chi connectivity index (χ4n) is 1.27. The molecule has 72 valence electrons. The average molecular weight is 209 g/mol. The van der Waals surface area contributed by atoms with Crippen LogP contribution in [0.4, 0.5) is 0 Å². The second-order valence-electron chi connectivity index (χ2n) is 3.01. The lowest BCUT2D eigenvalue weighted by Crippen LogP contribution is -1.91. The summed E-state index contributed by atoms with van der Waals surface area (Å²) in [6.07, 6.45) is 1.60. The molecule has 2 aromatic rings. The third-order valence-electron chi connectivity index (χ3n) is 2.06. The van der Waals surface area contributed by atoms with E-state index >= 15 is 0 Å². The second-order valence-corrected chi connectivity index (χ2v) is 3.40. The predicted molar refractivity (Wildman–Crippen MR) is 55.3 cm³/mol. The van der Waals surface area contributed by atoms with E-state index in [1.54, 1.807) is 35.0 Å². The molecule has 1 N–H and O–H groups in total. The Bertz CT molecular complexity index is 448. The van der Waals surface area contributed by atoms with Crippen LogP contribution >= 0.6 is 11.6 Å². The van der Waals surface area contributed by atoms with E-state index in [0.29, 0.717) is 5.15 Å². The van der Waals surface area contributed by atoms with Gasteiger partial charge in [-0.2, -0.15) is 0 Å². The van der Waals surface area contributed by atoms with Gasteiger partial charge >= 0.3 is 0 Å². The van der Waals surface area contributed by atoms with E-state index in [-0.39, 0.29) is 5.75 Å². The summed E-state index contributed by atoms with van der Waals surface area (Å²) in [4.78, 5) is 4.16. The summed E-state index contributed by atoms with van der Waals surface area (Å²) in [7, 11) is 1.84. The fraction of sp³-hybridized carbons (Fsp3) is 0.100. The van der Waals surface area contributed by atoms with E-state index < -0.39 is 0 Å². The van der Waals surface area contributed by atoms with Gasteiger partial charge in [0.1, 0.15) is 16.7 Å². The van der Waals surface area contributed by atoms with Crippen molar-refractivity contribution >= 4 is 11.6 Å². The van der Waals surface area contributed by atoms with E-state index in [9.17, 15) is 0 Å². The number of benzene rings is 1. The standard InChI is InChI=1S/C10H9ClN2O/c1-13-9(11)6-12-10(13)7-2-4-8(14)5-3-7/h2-6,14H,1H3. The van der Waals surface area contributed by atoms with Crippen LogP contribution in [0.1, 0.15) is 0 Å². The van der Waals surface area contributed by atoms with Gasteiger partial charge in [0.25, 0.3) is 0 Å². The molecule has 0 unspecified atom stereocenters. The molecule has 14 heavy (non-hydrogen) atoms. The molecule has 0 amide bonds. The summed E-state index contributed by atoms with van der Waals surface area (Å²) < 4.78 is 1.79. The summed E-state index contributed by atoms with van der Waals surface area (Å²) in [6.45, 7) is 0. The van der Waals surface area contributed by atoms with Crippen LogP contribution in [0, 0.1) is 0 Å². The highest BCUT2D eigenvalue weighted by Gasteiger charge is 2.06. The average Bonchev–Trinajstić information content (AvgIpc) is 2.50. The molecule has 2 rings (SSSR count). The summed E-state index contributed by atoms with van der Waals surface area (Å²) >= 11 is 5.86. The lowest BCUT2D eigenvalue weighted by atomic mass is 10.2. The quantitative estimate of drug-likeness (QED) is 0.782. The molecular formula is C10H9ClN2O. The van der Waals surface area contributed by atoms with Gasteiger partial charge in [0.15, 0.2) is 0 Å². The van der Waals surface area contributed by atoms with Gasteiger partial charge in [-0.15, -0.1) is 0 Å². The lowest BCUT2D eigenvalue weighted by molar-refractivity contribution is 0.475. The van der Waals surface area contributed by atoms with Crippen molar-refractivity contribution in [1.29, 1.82) is 0 Å². The zero-order chi connectivity index (χ0) is 10.1. The summed E-state index contributed by atoms with van der Waals surface area (Å²) in [5, 5.41) is 9.72. The van der Waals surface area contributed by atoms with E-state index in [1.807, 2.05) is 7.05 Å². The highest BCUT2D eigenvalue weighted by molar-refractivity contribution is 6.29. The number of aromatic nitrogens is 2. The number of hydrogen-bond acceptors (Lipinski definition) is 2. The maximum atomic E-state index is 9.12. The van der Waals surface area contributed by atoms with Crippen LogP contribution in [0.2, 0.25) is 5.15 Å². The van der Waals surface area contributed by atoms with Crippen LogP contribution < -0.4 is 0 Å². The molecule has 0 bridgehead atoms. The third kappa shape index (κ3) is 1.46.